The van der Waals surface area contributed by atoms with E-state index in [4.69, 9.17) is 33.2 Å². The van der Waals surface area contributed by atoms with E-state index in [1.54, 1.807) is 43.5 Å². The summed E-state index contributed by atoms with van der Waals surface area (Å²) in [5.74, 6) is -0.599. The van der Waals surface area contributed by atoms with E-state index in [9.17, 15) is 19.5 Å². The first-order chi connectivity index (χ1) is 19.1. The van der Waals surface area contributed by atoms with Crippen LogP contribution in [-0.2, 0) is 28.5 Å². The lowest BCUT2D eigenvalue weighted by molar-refractivity contribution is -0.340. The average molecular weight is 560 g/mol. The van der Waals surface area contributed by atoms with Crippen molar-refractivity contribution in [1.29, 1.82) is 0 Å². The monoisotopic (exact) mass is 559 g/mol. The number of benzene rings is 2. The van der Waals surface area contributed by atoms with Crippen molar-refractivity contribution in [3.63, 3.8) is 0 Å². The van der Waals surface area contributed by atoms with Crippen LogP contribution in [0.3, 0.4) is 0 Å². The number of amides is 1. The van der Waals surface area contributed by atoms with E-state index in [0.717, 1.165) is 0 Å². The number of carbonyl (C=O) groups is 3. The van der Waals surface area contributed by atoms with Crippen LogP contribution in [0, 0.1) is 0 Å². The van der Waals surface area contributed by atoms with Gasteiger partial charge in [0, 0.05) is 18.1 Å². The number of aliphatic carboxylic acids is 1. The predicted octanol–water partition coefficient (Wildman–Crippen LogP) is 2.49. The standard InChI is InChI=1S/C28H33NO11/c1-14(30)18-8-11-20(21(12-18)35-5)38-28-23(29-16(3)31)25(37-15(2)26(32)33)24-22(39-28)13-36-27(40-24)17-6-9-19(34-4)10-7-17/h6-12,15,22-25,27-28H,13H2,1-5H3,(H,29,31)(H,32,33). The summed E-state index contributed by atoms with van der Waals surface area (Å²) < 4.78 is 41.2. The molecular formula is C28H33NO11. The van der Waals surface area contributed by atoms with E-state index >= 15 is 0 Å². The highest BCUT2D eigenvalue weighted by atomic mass is 16.8. The smallest absolute Gasteiger partial charge is 0.332 e. The molecule has 1 amide bonds. The second kappa shape index (κ2) is 12.6. The van der Waals surface area contributed by atoms with Crippen molar-refractivity contribution < 1.29 is 52.6 Å². The van der Waals surface area contributed by atoms with Crippen molar-refractivity contribution in [2.75, 3.05) is 20.8 Å². The number of ketones is 1. The minimum absolute atomic E-state index is 0.0652. The molecule has 0 aromatic heterocycles. The number of fused-ring (bicyclic) bond motifs is 1. The maximum Gasteiger partial charge on any atom is 0.332 e. The highest BCUT2D eigenvalue weighted by molar-refractivity contribution is 5.94. The fourth-order valence-corrected chi connectivity index (χ4v) is 4.56. The van der Waals surface area contributed by atoms with Crippen LogP contribution >= 0.6 is 0 Å². The highest BCUT2D eigenvalue weighted by Gasteiger charge is 2.53. The van der Waals surface area contributed by atoms with Crippen LogP contribution in [0.5, 0.6) is 17.2 Å². The quantitative estimate of drug-likeness (QED) is 0.414. The predicted molar refractivity (Wildman–Crippen MR) is 138 cm³/mol. The Kier molecular flexibility index (Phi) is 9.25. The first-order valence-corrected chi connectivity index (χ1v) is 12.7. The first-order valence-electron chi connectivity index (χ1n) is 12.7. The Balaban J connectivity index is 1.66. The fraction of sp³-hybridized carbons (Fsp3) is 0.464. The van der Waals surface area contributed by atoms with Gasteiger partial charge in [-0.05, 0) is 44.2 Å². The third kappa shape index (κ3) is 6.53. The van der Waals surface area contributed by atoms with Crippen molar-refractivity contribution >= 4 is 17.7 Å². The summed E-state index contributed by atoms with van der Waals surface area (Å²) in [7, 11) is 2.99. The number of rotatable bonds is 10. The van der Waals surface area contributed by atoms with Crippen LogP contribution in [-0.4, -0.2) is 80.3 Å². The molecule has 2 aliphatic heterocycles. The summed E-state index contributed by atoms with van der Waals surface area (Å²) in [6, 6.07) is 10.8. The Morgan fingerprint density at radius 1 is 1.00 bits per heavy atom. The van der Waals surface area contributed by atoms with Gasteiger partial charge in [-0.2, -0.15) is 0 Å². The van der Waals surface area contributed by atoms with E-state index in [1.807, 2.05) is 0 Å². The largest absolute Gasteiger partial charge is 0.497 e. The maximum absolute atomic E-state index is 12.3. The molecule has 0 spiro atoms. The van der Waals surface area contributed by atoms with Gasteiger partial charge in [0.1, 0.15) is 30.1 Å². The van der Waals surface area contributed by atoms with Crippen LogP contribution in [0.15, 0.2) is 42.5 Å². The zero-order valence-electron chi connectivity index (χ0n) is 22.8. The number of hydrogen-bond donors (Lipinski definition) is 2. The molecule has 2 aromatic rings. The van der Waals surface area contributed by atoms with Crippen molar-refractivity contribution in [1.82, 2.24) is 5.32 Å². The number of carbonyl (C=O) groups excluding carboxylic acids is 2. The van der Waals surface area contributed by atoms with Gasteiger partial charge in [-0.15, -0.1) is 0 Å². The molecule has 7 atom stereocenters. The third-order valence-corrected chi connectivity index (χ3v) is 6.62. The molecule has 0 bridgehead atoms. The molecule has 12 heteroatoms. The molecule has 7 unspecified atom stereocenters. The van der Waals surface area contributed by atoms with Crippen LogP contribution in [0.4, 0.5) is 0 Å². The van der Waals surface area contributed by atoms with E-state index < -0.39 is 54.9 Å². The number of nitrogens with one attached hydrogen (secondary N) is 1. The molecule has 40 heavy (non-hydrogen) atoms. The zero-order valence-corrected chi connectivity index (χ0v) is 22.8. The van der Waals surface area contributed by atoms with Gasteiger partial charge in [0.25, 0.3) is 0 Å². The van der Waals surface area contributed by atoms with Gasteiger partial charge >= 0.3 is 5.97 Å². The number of Topliss-reactive ketones (excluding diaryl/α,β-unsaturated/α-hetero) is 1. The lowest BCUT2D eigenvalue weighted by Crippen LogP contribution is -2.68. The highest BCUT2D eigenvalue weighted by Crippen LogP contribution is 2.38. The minimum Gasteiger partial charge on any atom is -0.497 e. The van der Waals surface area contributed by atoms with Gasteiger partial charge in [-0.3, -0.25) is 9.59 Å². The second-order valence-electron chi connectivity index (χ2n) is 9.43. The summed E-state index contributed by atoms with van der Waals surface area (Å²) in [5.41, 5.74) is 1.12. The SMILES string of the molecule is COc1ccc(C2OCC3OC(Oc4ccc(C(C)=O)cc4OC)C(NC(C)=O)C(OC(C)C(=O)O)C3O2)cc1. The summed E-state index contributed by atoms with van der Waals surface area (Å²) in [4.78, 5) is 35.9. The van der Waals surface area contributed by atoms with Crippen LogP contribution < -0.4 is 19.5 Å². The minimum atomic E-state index is -1.24. The fourth-order valence-electron chi connectivity index (χ4n) is 4.56. The van der Waals surface area contributed by atoms with Crippen LogP contribution in [0.1, 0.15) is 43.0 Å². The second-order valence-corrected chi connectivity index (χ2v) is 9.43. The van der Waals surface area contributed by atoms with E-state index in [-0.39, 0.29) is 23.9 Å². The van der Waals surface area contributed by atoms with Crippen molar-refractivity contribution in [3.05, 3.63) is 53.6 Å². The van der Waals surface area contributed by atoms with E-state index in [0.29, 0.717) is 16.9 Å². The lowest BCUT2D eigenvalue weighted by Gasteiger charge is -2.49. The molecular weight excluding hydrogens is 526 g/mol. The Morgan fingerprint density at radius 2 is 1.73 bits per heavy atom. The molecule has 2 saturated heterocycles. The number of methoxy groups -OCH3 is 2. The third-order valence-electron chi connectivity index (χ3n) is 6.62. The average Bonchev–Trinajstić information content (AvgIpc) is 2.94. The van der Waals surface area contributed by atoms with Crippen molar-refractivity contribution in [2.45, 2.75) is 63.8 Å². The Hall–Kier alpha value is -3.71. The van der Waals surface area contributed by atoms with Gasteiger partial charge in [0.2, 0.25) is 12.2 Å². The Bertz CT molecular complexity index is 1220. The van der Waals surface area contributed by atoms with Gasteiger partial charge in [0.05, 0.1) is 20.8 Å². The number of ether oxygens (including phenoxy) is 7. The van der Waals surface area contributed by atoms with Crippen LogP contribution in [0.2, 0.25) is 0 Å². The Labute approximate surface area is 231 Å². The summed E-state index contributed by atoms with van der Waals surface area (Å²) in [6.45, 7) is 4.20. The van der Waals surface area contributed by atoms with E-state index in [1.165, 1.54) is 33.9 Å². The summed E-state index contributed by atoms with van der Waals surface area (Å²) in [6.07, 6.45) is -5.78. The summed E-state index contributed by atoms with van der Waals surface area (Å²) in [5, 5.41) is 12.4. The summed E-state index contributed by atoms with van der Waals surface area (Å²) >= 11 is 0. The van der Waals surface area contributed by atoms with E-state index in [2.05, 4.69) is 5.32 Å². The van der Waals surface area contributed by atoms with Gasteiger partial charge in [0.15, 0.2) is 29.7 Å². The molecule has 2 N–H and O–H groups in total. The van der Waals surface area contributed by atoms with Crippen molar-refractivity contribution in [2.24, 2.45) is 0 Å². The molecule has 0 radical (unpaired) electrons. The number of hydrogen-bond acceptors (Lipinski definition) is 10. The van der Waals surface area contributed by atoms with Gasteiger partial charge in [-0.1, -0.05) is 12.1 Å². The molecule has 2 heterocycles. The molecule has 4 rings (SSSR count). The number of carboxylic acid groups (broad SMARTS) is 1. The topological polar surface area (TPSA) is 148 Å². The molecule has 0 saturated carbocycles. The molecule has 2 aromatic carbocycles. The molecule has 0 aliphatic carbocycles. The van der Waals surface area contributed by atoms with Crippen LogP contribution in [0.25, 0.3) is 0 Å². The molecule has 2 aliphatic rings. The maximum atomic E-state index is 12.3. The zero-order chi connectivity index (χ0) is 29.0. The number of carboxylic acids is 1. The normalized spacial score (nSPS) is 26.6. The van der Waals surface area contributed by atoms with Gasteiger partial charge < -0.3 is 43.6 Å². The van der Waals surface area contributed by atoms with Crippen molar-refractivity contribution in [3.8, 4) is 17.2 Å². The first kappa shape index (κ1) is 29.3. The molecule has 12 nitrogen and oxygen atoms in total. The Morgan fingerprint density at radius 3 is 2.33 bits per heavy atom. The van der Waals surface area contributed by atoms with Gasteiger partial charge in [-0.25, -0.2) is 4.79 Å². The molecule has 2 fully saturated rings. The molecule has 216 valence electrons. The lowest BCUT2D eigenvalue weighted by atomic mass is 9.95.